The Morgan fingerprint density at radius 1 is 1.63 bits per heavy atom. The van der Waals surface area contributed by atoms with Crippen molar-refractivity contribution in [1.29, 1.82) is 5.53 Å². The Labute approximate surface area is 112 Å². The molecule has 0 saturated carbocycles. The Morgan fingerprint density at radius 2 is 2.42 bits per heavy atom. The molecule has 1 aromatic rings. The lowest BCUT2D eigenvalue weighted by Crippen LogP contribution is -2.10. The molecule has 100 valence electrons. The molecule has 0 radical (unpaired) electrons. The number of hydrogen-bond acceptors (Lipinski definition) is 6. The van der Waals surface area contributed by atoms with E-state index < -0.39 is 0 Å². The van der Waals surface area contributed by atoms with E-state index in [0.717, 1.165) is 5.56 Å². The van der Waals surface area contributed by atoms with Crippen LogP contribution in [0.25, 0.3) is 5.70 Å². The number of ether oxygens (including phenoxy) is 1. The van der Waals surface area contributed by atoms with Gasteiger partial charge in [0, 0.05) is 24.5 Å². The summed E-state index contributed by atoms with van der Waals surface area (Å²) in [4.78, 5) is 8.24. The third-order valence-electron chi connectivity index (χ3n) is 2.26. The molecule has 0 unspecified atom stereocenters. The fourth-order valence-electron chi connectivity index (χ4n) is 1.31. The van der Waals surface area contributed by atoms with E-state index in [-0.39, 0.29) is 5.90 Å². The van der Waals surface area contributed by atoms with Gasteiger partial charge in [-0.2, -0.15) is 5.11 Å². The molecule has 0 atom stereocenters. The number of hydrogen-bond donors (Lipinski definition) is 2. The first-order valence-corrected chi connectivity index (χ1v) is 5.67. The predicted molar refractivity (Wildman–Crippen MR) is 74.9 cm³/mol. The smallest absolute Gasteiger partial charge is 0.241 e. The van der Waals surface area contributed by atoms with Crippen LogP contribution < -0.4 is 5.32 Å². The van der Waals surface area contributed by atoms with Gasteiger partial charge in [0.15, 0.2) is 0 Å². The van der Waals surface area contributed by atoms with E-state index in [4.69, 9.17) is 10.3 Å². The molecule has 1 rings (SSSR count). The first-order chi connectivity index (χ1) is 9.22. The van der Waals surface area contributed by atoms with Gasteiger partial charge in [-0.25, -0.2) is 10.5 Å². The molecule has 19 heavy (non-hydrogen) atoms. The zero-order valence-corrected chi connectivity index (χ0v) is 11.1. The van der Waals surface area contributed by atoms with Crippen LogP contribution in [0.2, 0.25) is 0 Å². The molecule has 0 spiro atoms. The first kappa shape index (κ1) is 14.7. The average molecular weight is 259 g/mol. The van der Waals surface area contributed by atoms with Crippen molar-refractivity contribution in [1.82, 2.24) is 10.3 Å². The van der Waals surface area contributed by atoms with E-state index >= 15 is 0 Å². The Bertz CT molecular complexity index is 493. The van der Waals surface area contributed by atoms with Gasteiger partial charge in [-0.1, -0.05) is 6.58 Å². The molecule has 0 aliphatic heterocycles. The van der Waals surface area contributed by atoms with Gasteiger partial charge in [0.05, 0.1) is 12.8 Å². The van der Waals surface area contributed by atoms with Crippen LogP contribution in [0.3, 0.4) is 0 Å². The molecule has 0 aliphatic rings. The molecule has 0 saturated heterocycles. The van der Waals surface area contributed by atoms with Crippen molar-refractivity contribution in [3.63, 3.8) is 0 Å². The third kappa shape index (κ3) is 4.44. The first-order valence-electron chi connectivity index (χ1n) is 5.67. The summed E-state index contributed by atoms with van der Waals surface area (Å²) >= 11 is 0. The molecule has 0 aromatic carbocycles. The van der Waals surface area contributed by atoms with Gasteiger partial charge in [0.2, 0.25) is 5.90 Å². The third-order valence-corrected chi connectivity index (χ3v) is 2.26. The molecule has 2 N–H and O–H groups in total. The van der Waals surface area contributed by atoms with Crippen molar-refractivity contribution in [3.05, 3.63) is 48.4 Å². The monoisotopic (exact) mass is 259 g/mol. The van der Waals surface area contributed by atoms with E-state index in [9.17, 15) is 0 Å². The van der Waals surface area contributed by atoms with Crippen LogP contribution in [-0.2, 0) is 4.74 Å². The van der Waals surface area contributed by atoms with Crippen molar-refractivity contribution < 1.29 is 4.74 Å². The van der Waals surface area contributed by atoms with Gasteiger partial charge in [-0.05, 0) is 25.3 Å². The summed E-state index contributed by atoms with van der Waals surface area (Å²) in [5.74, 6) is 0.249. The minimum absolute atomic E-state index is 0.249. The average Bonchev–Trinajstić information content (AvgIpc) is 2.47. The van der Waals surface area contributed by atoms with Crippen molar-refractivity contribution in [2.75, 3.05) is 20.7 Å². The molecule has 6 nitrogen and oxygen atoms in total. The van der Waals surface area contributed by atoms with Crippen molar-refractivity contribution in [2.45, 2.75) is 0 Å². The number of pyridine rings is 1. The lowest BCUT2D eigenvalue weighted by atomic mass is 10.2. The summed E-state index contributed by atoms with van der Waals surface area (Å²) in [5.41, 5.74) is 8.79. The van der Waals surface area contributed by atoms with Crippen LogP contribution in [-0.4, -0.2) is 31.6 Å². The second kappa shape index (κ2) is 7.88. The standard InChI is InChI=1S/C13H17N5O/c1-10(11-5-4-7-16-9-11)17-13(19-3)12(18-14)6-8-15-2/h4-7,9,14-15H,1,8H2,2-3H3/b12-6+,17-13?,18-14?. The summed E-state index contributed by atoms with van der Waals surface area (Å²) in [6.45, 7) is 4.43. The number of rotatable bonds is 6. The molecule has 0 aliphatic carbocycles. The van der Waals surface area contributed by atoms with Gasteiger partial charge >= 0.3 is 0 Å². The largest absolute Gasteiger partial charge is 0.479 e. The normalized spacial score (nSPS) is 12.1. The van der Waals surface area contributed by atoms with Gasteiger partial charge in [-0.3, -0.25) is 4.98 Å². The van der Waals surface area contributed by atoms with Crippen LogP contribution in [0.5, 0.6) is 0 Å². The number of aliphatic imine (C=N–C) groups is 1. The molecular weight excluding hydrogens is 242 g/mol. The Hall–Kier alpha value is -2.34. The van der Waals surface area contributed by atoms with Gasteiger partial charge in [-0.15, -0.1) is 0 Å². The molecular formula is C13H17N5O. The van der Waals surface area contributed by atoms with Crippen molar-refractivity contribution in [2.24, 2.45) is 10.1 Å². The molecule has 1 heterocycles. The van der Waals surface area contributed by atoms with Crippen LogP contribution in [0.4, 0.5) is 0 Å². The maximum absolute atomic E-state index is 7.15. The maximum atomic E-state index is 7.15. The number of nitrogens with one attached hydrogen (secondary N) is 2. The van der Waals surface area contributed by atoms with Crippen LogP contribution in [0, 0.1) is 5.53 Å². The zero-order valence-electron chi connectivity index (χ0n) is 11.1. The quantitative estimate of drug-likeness (QED) is 0.467. The van der Waals surface area contributed by atoms with Gasteiger partial charge in [0.1, 0.15) is 5.70 Å². The van der Waals surface area contributed by atoms with E-state index in [1.165, 1.54) is 7.11 Å². The van der Waals surface area contributed by atoms with Crippen LogP contribution >= 0.6 is 0 Å². The molecule has 1 aromatic heterocycles. The van der Waals surface area contributed by atoms with E-state index in [1.807, 2.05) is 6.07 Å². The summed E-state index contributed by atoms with van der Waals surface area (Å²) < 4.78 is 5.15. The second-order valence-electron chi connectivity index (χ2n) is 3.57. The molecule has 0 amide bonds. The summed E-state index contributed by atoms with van der Waals surface area (Å²) in [6, 6.07) is 3.65. The number of nitrogens with zero attached hydrogens (tertiary/aromatic N) is 3. The zero-order chi connectivity index (χ0) is 14.1. The highest BCUT2D eigenvalue weighted by Gasteiger charge is 2.08. The lowest BCUT2D eigenvalue weighted by Gasteiger charge is -2.06. The van der Waals surface area contributed by atoms with Crippen molar-refractivity contribution >= 4 is 11.6 Å². The molecule has 0 bridgehead atoms. The number of methoxy groups -OCH3 is 1. The second-order valence-corrected chi connectivity index (χ2v) is 3.57. The highest BCUT2D eigenvalue weighted by Crippen LogP contribution is 2.14. The number of aromatic nitrogens is 1. The minimum Gasteiger partial charge on any atom is -0.479 e. The Kier molecular flexibility index (Phi) is 6.11. The Morgan fingerprint density at radius 3 is 2.95 bits per heavy atom. The lowest BCUT2D eigenvalue weighted by molar-refractivity contribution is 0.402. The summed E-state index contributed by atoms with van der Waals surface area (Å²) in [7, 11) is 3.28. The minimum atomic E-state index is 0.249. The van der Waals surface area contributed by atoms with E-state index in [1.54, 1.807) is 31.6 Å². The fraction of sp³-hybridized carbons (Fsp3) is 0.231. The Balaban J connectivity index is 2.98. The van der Waals surface area contributed by atoms with Crippen LogP contribution in [0.15, 0.2) is 53.0 Å². The van der Waals surface area contributed by atoms with E-state index in [0.29, 0.717) is 17.9 Å². The van der Waals surface area contributed by atoms with E-state index in [2.05, 4.69) is 27.0 Å². The van der Waals surface area contributed by atoms with Crippen LogP contribution in [0.1, 0.15) is 5.56 Å². The van der Waals surface area contributed by atoms with Gasteiger partial charge in [0.25, 0.3) is 0 Å². The van der Waals surface area contributed by atoms with Crippen molar-refractivity contribution in [3.8, 4) is 0 Å². The summed E-state index contributed by atoms with van der Waals surface area (Å²) in [6.07, 6.45) is 5.05. The highest BCUT2D eigenvalue weighted by molar-refractivity contribution is 5.96. The molecule has 0 fully saturated rings. The molecule has 6 heteroatoms. The predicted octanol–water partition coefficient (Wildman–Crippen LogP) is 2.23. The topological polar surface area (TPSA) is 82.7 Å². The maximum Gasteiger partial charge on any atom is 0.241 e. The van der Waals surface area contributed by atoms with Gasteiger partial charge < -0.3 is 10.1 Å². The summed E-state index contributed by atoms with van der Waals surface area (Å²) in [5, 5.41) is 6.34. The highest BCUT2D eigenvalue weighted by atomic mass is 16.5. The number of likely N-dealkylation sites (N-methyl/N-ethyl adjacent to an activating group) is 1. The SMILES string of the molecule is C=C(N=C(OC)/C(=C\CNC)N=N)c1cccnc1. The fourth-order valence-corrected chi connectivity index (χ4v) is 1.31.